The van der Waals surface area contributed by atoms with Crippen molar-refractivity contribution in [2.75, 3.05) is 17.7 Å². The monoisotopic (exact) mass is 273 g/mol. The van der Waals surface area contributed by atoms with Gasteiger partial charge in [-0.2, -0.15) is 0 Å². The van der Waals surface area contributed by atoms with Gasteiger partial charge in [0.05, 0.1) is 18.0 Å². The predicted octanol–water partition coefficient (Wildman–Crippen LogP) is 0.174. The van der Waals surface area contributed by atoms with Gasteiger partial charge in [-0.25, -0.2) is 13.1 Å². The second kappa shape index (κ2) is 4.46. The number of nitrogens with two attached hydrogens (primary N) is 1. The Labute approximate surface area is 106 Å². The van der Waals surface area contributed by atoms with Gasteiger partial charge in [-0.15, -0.1) is 0 Å². The van der Waals surface area contributed by atoms with Gasteiger partial charge >= 0.3 is 0 Å². The molecule has 2 N–H and O–H groups in total. The summed E-state index contributed by atoms with van der Waals surface area (Å²) < 4.78 is 25.7. The number of hydrogen-bond acceptors (Lipinski definition) is 4. The molecular weight excluding hydrogens is 254 g/mol. The maximum atomic E-state index is 12.0. The van der Waals surface area contributed by atoms with Crippen molar-refractivity contribution in [2.24, 2.45) is 0 Å². The van der Waals surface area contributed by atoms with Crippen molar-refractivity contribution in [3.8, 4) is 0 Å². The molecule has 18 heavy (non-hydrogen) atoms. The van der Waals surface area contributed by atoms with Crippen molar-refractivity contribution in [1.29, 1.82) is 0 Å². The third kappa shape index (κ3) is 2.45. The van der Waals surface area contributed by atoms with E-state index < -0.39 is 9.84 Å². The molecule has 7 heteroatoms. The number of nitrogens with zero attached hydrogens (tertiary/aromatic N) is 2. The normalized spacial score (nSPS) is 16.1. The summed E-state index contributed by atoms with van der Waals surface area (Å²) in [7, 11) is -3.09. The van der Waals surface area contributed by atoms with Gasteiger partial charge in [0.1, 0.15) is 15.5 Å². The Kier molecular flexibility index (Phi) is 3.27. The zero-order valence-corrected chi connectivity index (χ0v) is 11.5. The highest BCUT2D eigenvalue weighted by molar-refractivity contribution is 7.90. The molecule has 1 heterocycles. The Bertz CT molecular complexity index is 608. The smallest absolute Gasteiger partial charge is 0.290 e. The molecule has 0 unspecified atom stereocenters. The highest BCUT2D eigenvalue weighted by Gasteiger charge is 2.32. The molecular formula is C11H19N3O3S. The van der Waals surface area contributed by atoms with E-state index in [0.29, 0.717) is 12.5 Å². The van der Waals surface area contributed by atoms with Crippen LogP contribution in [-0.4, -0.2) is 29.8 Å². The number of aromatic nitrogens is 2. The fraction of sp³-hybridized carbons (Fsp3) is 0.727. The lowest BCUT2D eigenvalue weighted by Crippen LogP contribution is -2.27. The summed E-state index contributed by atoms with van der Waals surface area (Å²) in [5.74, 6) is 0.331. The predicted molar refractivity (Wildman–Crippen MR) is 70.5 cm³/mol. The molecule has 2 rings (SSSR count). The van der Waals surface area contributed by atoms with Crippen LogP contribution in [-0.2, 0) is 22.9 Å². The maximum Gasteiger partial charge on any atom is 0.290 e. The third-order valence-corrected chi connectivity index (χ3v) is 4.17. The van der Waals surface area contributed by atoms with Crippen molar-refractivity contribution < 1.29 is 8.42 Å². The number of rotatable bonds is 5. The Morgan fingerprint density at radius 1 is 1.33 bits per heavy atom. The Balaban J connectivity index is 2.40. The molecule has 6 nitrogen and oxygen atoms in total. The molecule has 1 aromatic heterocycles. The molecule has 1 fully saturated rings. The van der Waals surface area contributed by atoms with Crippen LogP contribution in [0.25, 0.3) is 0 Å². The van der Waals surface area contributed by atoms with Crippen molar-refractivity contribution in [3.63, 3.8) is 0 Å². The average Bonchev–Trinajstić information content (AvgIpc) is 3.06. The lowest BCUT2D eigenvalue weighted by molar-refractivity contribution is 0.460. The van der Waals surface area contributed by atoms with E-state index in [-0.39, 0.29) is 23.5 Å². The Hall–Kier alpha value is -1.24. The lowest BCUT2D eigenvalue weighted by Gasteiger charge is -2.12. The summed E-state index contributed by atoms with van der Waals surface area (Å²) in [6.45, 7) is 2.73. The van der Waals surface area contributed by atoms with Crippen LogP contribution >= 0.6 is 0 Å². The molecule has 0 atom stereocenters. The van der Waals surface area contributed by atoms with Crippen LogP contribution in [0, 0.1) is 0 Å². The van der Waals surface area contributed by atoms with Crippen LogP contribution in [0.4, 0.5) is 5.69 Å². The van der Waals surface area contributed by atoms with E-state index in [1.54, 1.807) is 0 Å². The highest BCUT2D eigenvalue weighted by Crippen LogP contribution is 2.42. The highest BCUT2D eigenvalue weighted by atomic mass is 32.2. The van der Waals surface area contributed by atoms with Gasteiger partial charge in [0.2, 0.25) is 0 Å². The molecule has 102 valence electrons. The molecule has 0 amide bonds. The summed E-state index contributed by atoms with van der Waals surface area (Å²) in [6.07, 6.45) is 3.28. The summed E-state index contributed by atoms with van der Waals surface area (Å²) >= 11 is 0. The lowest BCUT2D eigenvalue weighted by atomic mass is 10.2. The molecule has 0 spiro atoms. The van der Waals surface area contributed by atoms with Crippen LogP contribution in [0.1, 0.15) is 31.4 Å². The van der Waals surface area contributed by atoms with Crippen molar-refractivity contribution in [3.05, 3.63) is 16.0 Å². The Morgan fingerprint density at radius 3 is 2.39 bits per heavy atom. The van der Waals surface area contributed by atoms with E-state index in [0.717, 1.165) is 18.5 Å². The van der Waals surface area contributed by atoms with Crippen LogP contribution in [0.5, 0.6) is 0 Å². The topological polar surface area (TPSA) is 87.1 Å². The van der Waals surface area contributed by atoms with Crippen molar-refractivity contribution in [2.45, 2.75) is 38.8 Å². The minimum absolute atomic E-state index is 0.0412. The second-order valence-corrected chi connectivity index (χ2v) is 7.11. The fourth-order valence-corrected chi connectivity index (χ4v) is 2.73. The van der Waals surface area contributed by atoms with E-state index in [4.69, 9.17) is 5.73 Å². The first kappa shape index (κ1) is 13.2. The number of nitrogen functional groups attached to an aromatic ring is 1. The number of anilines is 1. The molecule has 0 radical (unpaired) electrons. The van der Waals surface area contributed by atoms with Gasteiger partial charge < -0.3 is 5.73 Å². The first-order valence-corrected chi connectivity index (χ1v) is 8.18. The van der Waals surface area contributed by atoms with E-state index in [2.05, 4.69) is 0 Å². The van der Waals surface area contributed by atoms with E-state index in [1.165, 1.54) is 10.9 Å². The second-order valence-electron chi connectivity index (χ2n) is 4.85. The Morgan fingerprint density at radius 2 is 1.94 bits per heavy atom. The maximum absolute atomic E-state index is 12.0. The van der Waals surface area contributed by atoms with E-state index >= 15 is 0 Å². The molecule has 1 aromatic rings. The molecule has 0 saturated heterocycles. The summed E-state index contributed by atoms with van der Waals surface area (Å²) in [5.41, 5.74) is 6.77. The van der Waals surface area contributed by atoms with Crippen LogP contribution in [0.2, 0.25) is 0 Å². The van der Waals surface area contributed by atoms with E-state index in [9.17, 15) is 13.2 Å². The van der Waals surface area contributed by atoms with Crippen LogP contribution in [0.3, 0.4) is 0 Å². The molecule has 0 bridgehead atoms. The first-order valence-electron chi connectivity index (χ1n) is 6.12. The summed E-state index contributed by atoms with van der Waals surface area (Å²) in [6, 6.07) is 0. The standard InChI is InChI=1S/C11H19N3O3S/c1-3-13-10(8-4-5-8)9(12)11(15)14(13)6-7-18(2,16)17/h8H,3-7,12H2,1-2H3. The van der Waals surface area contributed by atoms with Crippen LogP contribution < -0.4 is 11.3 Å². The van der Waals surface area contributed by atoms with Gasteiger partial charge in [-0.05, 0) is 19.8 Å². The zero-order chi connectivity index (χ0) is 13.5. The van der Waals surface area contributed by atoms with Gasteiger partial charge in [0.25, 0.3) is 5.56 Å². The first-order chi connectivity index (χ1) is 8.35. The molecule has 0 aliphatic heterocycles. The van der Waals surface area contributed by atoms with Gasteiger partial charge in [-0.3, -0.25) is 9.48 Å². The average molecular weight is 273 g/mol. The van der Waals surface area contributed by atoms with E-state index in [1.807, 2.05) is 11.6 Å². The molecule has 1 saturated carbocycles. The van der Waals surface area contributed by atoms with Crippen LogP contribution in [0.15, 0.2) is 4.79 Å². The minimum Gasteiger partial charge on any atom is -0.393 e. The van der Waals surface area contributed by atoms with Crippen molar-refractivity contribution in [1.82, 2.24) is 9.36 Å². The largest absolute Gasteiger partial charge is 0.393 e. The zero-order valence-electron chi connectivity index (χ0n) is 10.7. The summed E-state index contributed by atoms with van der Waals surface area (Å²) in [5, 5.41) is 0. The number of sulfone groups is 1. The third-order valence-electron chi connectivity index (χ3n) is 3.25. The molecule has 0 aromatic carbocycles. The SMILES string of the molecule is CCn1c(C2CC2)c(N)c(=O)n1CCS(C)(=O)=O. The van der Waals surface area contributed by atoms with Crippen molar-refractivity contribution >= 4 is 15.5 Å². The minimum atomic E-state index is -3.09. The van der Waals surface area contributed by atoms with Gasteiger partial charge in [0, 0.05) is 18.7 Å². The fourth-order valence-electron chi connectivity index (χ4n) is 2.23. The molecule has 1 aliphatic rings. The van der Waals surface area contributed by atoms with Gasteiger partial charge in [-0.1, -0.05) is 0 Å². The summed E-state index contributed by atoms with van der Waals surface area (Å²) in [4.78, 5) is 12.0. The molecule has 1 aliphatic carbocycles. The number of hydrogen-bond donors (Lipinski definition) is 1. The van der Waals surface area contributed by atoms with Gasteiger partial charge in [0.15, 0.2) is 0 Å². The quantitative estimate of drug-likeness (QED) is 0.828.